The van der Waals surface area contributed by atoms with Crippen LogP contribution in [0.2, 0.25) is 0 Å². The molecule has 27 heavy (non-hydrogen) atoms. The number of carbonyl (C=O) groups excluding carboxylic acids is 1. The summed E-state index contributed by atoms with van der Waals surface area (Å²) in [4.78, 5) is 19.9. The lowest BCUT2D eigenvalue weighted by atomic mass is 9.72. The molecular formula is C18H18F3N3O3. The number of rotatable bonds is 6. The number of aromatic nitrogens is 2. The van der Waals surface area contributed by atoms with Crippen LogP contribution in [0.3, 0.4) is 0 Å². The van der Waals surface area contributed by atoms with E-state index in [2.05, 4.69) is 20.0 Å². The number of hydrogen-bond donors (Lipinski definition) is 1. The first kappa shape index (κ1) is 18.9. The molecule has 1 aliphatic rings. The lowest BCUT2D eigenvalue weighted by Gasteiger charge is -2.43. The van der Waals surface area contributed by atoms with E-state index in [0.717, 1.165) is 24.8 Å². The maximum absolute atomic E-state index is 12.3. The van der Waals surface area contributed by atoms with Crippen molar-refractivity contribution in [3.63, 3.8) is 0 Å². The quantitative estimate of drug-likeness (QED) is 0.762. The normalized spacial score (nSPS) is 15.6. The second-order valence-corrected chi connectivity index (χ2v) is 6.15. The molecule has 0 aliphatic heterocycles. The molecule has 0 unspecified atom stereocenters. The Hall–Kier alpha value is -2.84. The van der Waals surface area contributed by atoms with E-state index in [9.17, 15) is 18.0 Å². The van der Waals surface area contributed by atoms with Gasteiger partial charge in [0.2, 0.25) is 5.95 Å². The van der Waals surface area contributed by atoms with E-state index in [0.29, 0.717) is 5.95 Å². The molecule has 1 aromatic carbocycles. The summed E-state index contributed by atoms with van der Waals surface area (Å²) in [6, 6.07) is 5.77. The Kier molecular flexibility index (Phi) is 5.20. The molecular weight excluding hydrogens is 363 g/mol. The Morgan fingerprint density at radius 1 is 1.19 bits per heavy atom. The van der Waals surface area contributed by atoms with Gasteiger partial charge in [0.1, 0.15) is 5.75 Å². The monoisotopic (exact) mass is 381 g/mol. The average molecular weight is 381 g/mol. The number of carbonyl (C=O) groups is 1. The van der Waals surface area contributed by atoms with E-state index in [1.165, 1.54) is 24.5 Å². The molecule has 9 heteroatoms. The summed E-state index contributed by atoms with van der Waals surface area (Å²) >= 11 is 0. The van der Waals surface area contributed by atoms with Gasteiger partial charge in [-0.25, -0.2) is 14.8 Å². The topological polar surface area (TPSA) is 73.3 Å². The van der Waals surface area contributed by atoms with E-state index >= 15 is 0 Å². The number of nitrogens with zero attached hydrogens (tertiary/aromatic N) is 2. The summed E-state index contributed by atoms with van der Waals surface area (Å²) < 4.78 is 45.7. The number of ether oxygens (including phenoxy) is 2. The fourth-order valence-corrected chi connectivity index (χ4v) is 2.92. The van der Waals surface area contributed by atoms with Crippen LogP contribution in [0, 0.1) is 0 Å². The molecule has 0 spiro atoms. The highest BCUT2D eigenvalue weighted by atomic mass is 19.4. The second kappa shape index (κ2) is 7.42. The molecule has 1 saturated carbocycles. The van der Waals surface area contributed by atoms with Gasteiger partial charge < -0.3 is 14.8 Å². The van der Waals surface area contributed by atoms with Crippen molar-refractivity contribution in [2.75, 3.05) is 11.9 Å². The van der Waals surface area contributed by atoms with Gasteiger partial charge in [0, 0.05) is 12.4 Å². The van der Waals surface area contributed by atoms with Crippen molar-refractivity contribution >= 4 is 11.9 Å². The van der Waals surface area contributed by atoms with Crippen LogP contribution in [0.15, 0.2) is 36.7 Å². The Morgan fingerprint density at radius 2 is 1.81 bits per heavy atom. The van der Waals surface area contributed by atoms with Crippen LogP contribution in [-0.2, 0) is 10.3 Å². The van der Waals surface area contributed by atoms with Gasteiger partial charge in [0.15, 0.2) is 0 Å². The number of benzene rings is 1. The minimum absolute atomic E-state index is 0.249. The largest absolute Gasteiger partial charge is 0.573 e. The lowest BCUT2D eigenvalue weighted by Crippen LogP contribution is -2.42. The van der Waals surface area contributed by atoms with Crippen molar-refractivity contribution in [2.45, 2.75) is 38.1 Å². The van der Waals surface area contributed by atoms with E-state index < -0.39 is 17.9 Å². The number of halogens is 3. The third-order valence-corrected chi connectivity index (χ3v) is 4.36. The summed E-state index contributed by atoms with van der Waals surface area (Å²) in [5.74, 6) is -0.434. The fourth-order valence-electron chi connectivity index (χ4n) is 2.92. The van der Waals surface area contributed by atoms with Crippen LogP contribution in [0.5, 0.6) is 5.75 Å². The summed E-state index contributed by atoms with van der Waals surface area (Å²) in [5, 5.41) is 3.24. The third kappa shape index (κ3) is 4.47. The van der Waals surface area contributed by atoms with Gasteiger partial charge in [-0.1, -0.05) is 12.1 Å². The van der Waals surface area contributed by atoms with Crippen molar-refractivity contribution < 1.29 is 27.4 Å². The van der Waals surface area contributed by atoms with Crippen LogP contribution in [-0.4, -0.2) is 28.9 Å². The van der Waals surface area contributed by atoms with Gasteiger partial charge in [-0.15, -0.1) is 13.2 Å². The van der Waals surface area contributed by atoms with E-state index in [1.54, 1.807) is 19.1 Å². The van der Waals surface area contributed by atoms with Crippen LogP contribution < -0.4 is 10.1 Å². The maximum atomic E-state index is 12.3. The zero-order valence-corrected chi connectivity index (χ0v) is 14.5. The Balaban J connectivity index is 1.73. The van der Waals surface area contributed by atoms with Crippen molar-refractivity contribution in [1.82, 2.24) is 9.97 Å². The molecule has 1 heterocycles. The number of alkyl halides is 3. The molecule has 1 aliphatic carbocycles. The number of hydrogen-bond acceptors (Lipinski definition) is 6. The third-order valence-electron chi connectivity index (χ3n) is 4.36. The van der Waals surface area contributed by atoms with Gasteiger partial charge in [-0.05, 0) is 43.9 Å². The van der Waals surface area contributed by atoms with Crippen LogP contribution in [0.1, 0.15) is 42.1 Å². The Morgan fingerprint density at radius 3 is 2.30 bits per heavy atom. The molecule has 0 saturated heterocycles. The standard InChI is InChI=1S/C18H18F3N3O3/c1-2-26-15(25)12-10-22-16(23-11-12)24-17(8-3-9-17)13-4-6-14(7-5-13)27-18(19,20)21/h4-7,10-11H,2-3,8-9H2,1H3,(H,22,23,24). The van der Waals surface area contributed by atoms with Crippen molar-refractivity contribution in [2.24, 2.45) is 0 Å². The molecule has 144 valence electrons. The molecule has 1 fully saturated rings. The highest BCUT2D eigenvalue weighted by molar-refractivity contribution is 5.88. The lowest BCUT2D eigenvalue weighted by molar-refractivity contribution is -0.274. The molecule has 6 nitrogen and oxygen atoms in total. The molecule has 0 amide bonds. The first-order valence-electron chi connectivity index (χ1n) is 8.45. The SMILES string of the molecule is CCOC(=O)c1cnc(NC2(c3ccc(OC(F)(F)F)cc3)CCC2)nc1. The number of anilines is 1. The smallest absolute Gasteiger partial charge is 0.462 e. The van der Waals surface area contributed by atoms with Crippen LogP contribution in [0.4, 0.5) is 19.1 Å². The molecule has 0 bridgehead atoms. The summed E-state index contributed by atoms with van der Waals surface area (Å²) in [5.41, 5.74) is 0.613. The summed E-state index contributed by atoms with van der Waals surface area (Å²) in [7, 11) is 0. The molecule has 0 radical (unpaired) electrons. The Bertz CT molecular complexity index is 788. The van der Waals surface area contributed by atoms with Gasteiger partial charge in [-0.2, -0.15) is 0 Å². The van der Waals surface area contributed by atoms with Gasteiger partial charge in [0.25, 0.3) is 0 Å². The molecule has 2 aromatic rings. The van der Waals surface area contributed by atoms with E-state index in [-0.39, 0.29) is 17.9 Å². The Labute approximate surface area is 153 Å². The molecule has 3 rings (SSSR count). The van der Waals surface area contributed by atoms with Gasteiger partial charge >= 0.3 is 12.3 Å². The average Bonchev–Trinajstić information content (AvgIpc) is 2.58. The van der Waals surface area contributed by atoms with Crippen LogP contribution >= 0.6 is 0 Å². The van der Waals surface area contributed by atoms with E-state index in [4.69, 9.17) is 4.74 Å². The fraction of sp³-hybridized carbons (Fsp3) is 0.389. The zero-order valence-electron chi connectivity index (χ0n) is 14.5. The van der Waals surface area contributed by atoms with Crippen molar-refractivity contribution in [3.05, 3.63) is 47.8 Å². The highest BCUT2D eigenvalue weighted by Gasteiger charge is 2.39. The minimum atomic E-state index is -4.72. The molecule has 0 atom stereocenters. The maximum Gasteiger partial charge on any atom is 0.573 e. The van der Waals surface area contributed by atoms with Crippen molar-refractivity contribution in [3.8, 4) is 5.75 Å². The van der Waals surface area contributed by atoms with Gasteiger partial charge in [0.05, 0.1) is 17.7 Å². The summed E-state index contributed by atoms with van der Waals surface area (Å²) in [6.07, 6.45) is 0.571. The van der Waals surface area contributed by atoms with Crippen LogP contribution in [0.25, 0.3) is 0 Å². The van der Waals surface area contributed by atoms with Gasteiger partial charge in [-0.3, -0.25) is 0 Å². The van der Waals surface area contributed by atoms with Crippen molar-refractivity contribution in [1.29, 1.82) is 0 Å². The highest BCUT2D eigenvalue weighted by Crippen LogP contribution is 2.44. The second-order valence-electron chi connectivity index (χ2n) is 6.15. The molecule has 1 aromatic heterocycles. The van der Waals surface area contributed by atoms with E-state index in [1.807, 2.05) is 0 Å². The predicted molar refractivity (Wildman–Crippen MR) is 90.3 cm³/mol. The number of esters is 1. The number of nitrogens with one attached hydrogen (secondary N) is 1. The zero-order chi connectivity index (χ0) is 19.5. The minimum Gasteiger partial charge on any atom is -0.462 e. The summed E-state index contributed by atoms with van der Waals surface area (Å²) in [6.45, 7) is 1.97. The first-order valence-corrected chi connectivity index (χ1v) is 8.45. The molecule has 1 N–H and O–H groups in total. The first-order chi connectivity index (χ1) is 12.8. The predicted octanol–water partition coefficient (Wildman–Crippen LogP) is 4.04.